The lowest BCUT2D eigenvalue weighted by atomic mass is 10.1. The third-order valence-corrected chi connectivity index (χ3v) is 5.51. The van der Waals surface area contributed by atoms with Crippen LogP contribution < -0.4 is 38.9 Å². The number of carboxylic acid groups (broad SMARTS) is 1. The van der Waals surface area contributed by atoms with Gasteiger partial charge in [0.25, 0.3) is 0 Å². The van der Waals surface area contributed by atoms with Crippen molar-refractivity contribution in [2.75, 3.05) is 25.1 Å². The molecule has 0 aromatic carbocycles. The number of nitrogens with one attached hydrogen (secondary N) is 3. The van der Waals surface area contributed by atoms with E-state index in [1.165, 1.54) is 18.7 Å². The van der Waals surface area contributed by atoms with Crippen LogP contribution in [0.4, 0.5) is 0 Å². The lowest BCUT2D eigenvalue weighted by Crippen LogP contribution is -2.56. The van der Waals surface area contributed by atoms with E-state index in [1.807, 2.05) is 6.26 Å². The Kier molecular flexibility index (Phi) is 16.5. The summed E-state index contributed by atoms with van der Waals surface area (Å²) in [7, 11) is 0. The SMILES string of the molecule is CSCCC(NC(=O)C(C)NC(=O)C(N)CCCN=C(N)N)C(=O)NC(CCCCN)C(=O)O. The standard InChI is InChI=1S/C20H40N8O5S/c1-12(26-17(30)13(22)6-5-10-25-20(23)24)16(29)27-14(8-11-34-2)18(31)28-15(19(32)33)7-3-4-9-21/h12-15H,3-11,21-22H2,1-2H3,(H,26,30)(H,27,29)(H,28,31)(H,32,33)(H4,23,24,25). The van der Waals surface area contributed by atoms with Crippen LogP contribution in [-0.4, -0.2) is 84.0 Å². The second-order valence-corrected chi connectivity index (χ2v) is 8.80. The predicted molar refractivity (Wildman–Crippen MR) is 133 cm³/mol. The summed E-state index contributed by atoms with van der Waals surface area (Å²) < 4.78 is 0. The molecule has 196 valence electrons. The molecule has 0 aliphatic carbocycles. The van der Waals surface area contributed by atoms with Crippen molar-refractivity contribution in [3.63, 3.8) is 0 Å². The monoisotopic (exact) mass is 504 g/mol. The molecule has 0 aliphatic rings. The summed E-state index contributed by atoms with van der Waals surface area (Å²) >= 11 is 1.48. The first-order chi connectivity index (χ1) is 16.0. The Hall–Kier alpha value is -2.58. The van der Waals surface area contributed by atoms with Crippen LogP contribution in [0.1, 0.15) is 45.4 Å². The molecule has 13 nitrogen and oxygen atoms in total. The van der Waals surface area contributed by atoms with Gasteiger partial charge in [0.15, 0.2) is 5.96 Å². The summed E-state index contributed by atoms with van der Waals surface area (Å²) in [6, 6.07) is -3.85. The van der Waals surface area contributed by atoms with Crippen molar-refractivity contribution in [3.8, 4) is 0 Å². The van der Waals surface area contributed by atoms with E-state index in [-0.39, 0.29) is 12.4 Å². The number of amides is 3. The average Bonchev–Trinajstić information content (AvgIpc) is 2.77. The first-order valence-electron chi connectivity index (χ1n) is 11.2. The van der Waals surface area contributed by atoms with Crippen molar-refractivity contribution in [2.24, 2.45) is 27.9 Å². The van der Waals surface area contributed by atoms with Gasteiger partial charge in [0.2, 0.25) is 17.7 Å². The van der Waals surface area contributed by atoms with Crippen molar-refractivity contribution < 1.29 is 24.3 Å². The maximum absolute atomic E-state index is 12.7. The van der Waals surface area contributed by atoms with E-state index in [0.717, 1.165) is 0 Å². The van der Waals surface area contributed by atoms with Gasteiger partial charge in [0.1, 0.15) is 18.1 Å². The molecule has 3 amide bonds. The molecule has 0 bridgehead atoms. The van der Waals surface area contributed by atoms with E-state index < -0.39 is 47.9 Å². The summed E-state index contributed by atoms with van der Waals surface area (Å²) in [6.07, 6.45) is 4.36. The average molecular weight is 505 g/mol. The fourth-order valence-corrected chi connectivity index (χ4v) is 3.33. The largest absolute Gasteiger partial charge is 0.480 e. The van der Waals surface area contributed by atoms with E-state index in [1.54, 1.807) is 0 Å². The van der Waals surface area contributed by atoms with Gasteiger partial charge in [-0.3, -0.25) is 19.4 Å². The quantitative estimate of drug-likeness (QED) is 0.0569. The van der Waals surface area contributed by atoms with E-state index in [0.29, 0.717) is 50.9 Å². The van der Waals surface area contributed by atoms with Crippen LogP contribution in [0.25, 0.3) is 0 Å². The Balaban J connectivity index is 4.92. The van der Waals surface area contributed by atoms with Crippen molar-refractivity contribution >= 4 is 41.4 Å². The molecule has 0 spiro atoms. The topological polar surface area (TPSA) is 241 Å². The number of aliphatic carboxylic acids is 1. The smallest absolute Gasteiger partial charge is 0.326 e. The van der Waals surface area contributed by atoms with Gasteiger partial charge in [-0.25, -0.2) is 4.79 Å². The maximum Gasteiger partial charge on any atom is 0.326 e. The maximum atomic E-state index is 12.7. The zero-order valence-corrected chi connectivity index (χ0v) is 20.7. The number of rotatable bonds is 18. The predicted octanol–water partition coefficient (Wildman–Crippen LogP) is -2.19. The summed E-state index contributed by atoms with van der Waals surface area (Å²) in [6.45, 7) is 2.22. The molecule has 0 aromatic heterocycles. The number of aliphatic imine (C=N–C) groups is 1. The number of nitrogens with two attached hydrogens (primary N) is 4. The summed E-state index contributed by atoms with van der Waals surface area (Å²) in [5, 5.41) is 17.0. The molecular formula is C20H40N8O5S. The number of guanidine groups is 1. The first kappa shape index (κ1) is 31.4. The second kappa shape index (κ2) is 17.8. The summed E-state index contributed by atoms with van der Waals surface area (Å²) in [5.74, 6) is -2.36. The van der Waals surface area contributed by atoms with Crippen LogP contribution in [0.15, 0.2) is 4.99 Å². The molecule has 0 saturated carbocycles. The Morgan fingerprint density at radius 3 is 2.12 bits per heavy atom. The minimum Gasteiger partial charge on any atom is -0.480 e. The molecule has 0 aliphatic heterocycles. The van der Waals surface area contributed by atoms with Crippen LogP contribution in [0.5, 0.6) is 0 Å². The van der Waals surface area contributed by atoms with Crippen molar-refractivity contribution in [2.45, 2.75) is 69.6 Å². The molecular weight excluding hydrogens is 464 g/mol. The number of carbonyl (C=O) groups is 4. The van der Waals surface area contributed by atoms with E-state index in [2.05, 4.69) is 20.9 Å². The highest BCUT2D eigenvalue weighted by atomic mass is 32.2. The fraction of sp³-hybridized carbons (Fsp3) is 0.750. The Morgan fingerprint density at radius 1 is 0.912 bits per heavy atom. The Bertz CT molecular complexity index is 690. The highest BCUT2D eigenvalue weighted by Gasteiger charge is 2.28. The van der Waals surface area contributed by atoms with Crippen LogP contribution in [0.3, 0.4) is 0 Å². The van der Waals surface area contributed by atoms with Gasteiger partial charge in [-0.2, -0.15) is 11.8 Å². The minimum absolute atomic E-state index is 0.0476. The molecule has 14 heteroatoms. The zero-order chi connectivity index (χ0) is 26.1. The minimum atomic E-state index is -1.16. The molecule has 4 atom stereocenters. The first-order valence-corrected chi connectivity index (χ1v) is 12.6. The Morgan fingerprint density at radius 2 is 1.56 bits per heavy atom. The lowest BCUT2D eigenvalue weighted by molar-refractivity contribution is -0.142. The highest BCUT2D eigenvalue weighted by molar-refractivity contribution is 7.98. The molecule has 4 unspecified atom stereocenters. The molecule has 12 N–H and O–H groups in total. The van der Waals surface area contributed by atoms with E-state index in [4.69, 9.17) is 22.9 Å². The van der Waals surface area contributed by atoms with Gasteiger partial charge in [0.05, 0.1) is 6.04 Å². The number of carbonyl (C=O) groups excluding carboxylic acids is 3. The number of hydrogen-bond donors (Lipinski definition) is 8. The van der Waals surface area contributed by atoms with Crippen molar-refractivity contribution in [1.29, 1.82) is 0 Å². The number of nitrogens with zero attached hydrogens (tertiary/aromatic N) is 1. The number of hydrogen-bond acceptors (Lipinski definition) is 8. The zero-order valence-electron chi connectivity index (χ0n) is 19.9. The molecule has 0 saturated heterocycles. The molecule has 0 radical (unpaired) electrons. The van der Waals surface area contributed by atoms with Gasteiger partial charge < -0.3 is 44.0 Å². The number of unbranched alkanes of at least 4 members (excludes halogenated alkanes) is 1. The molecule has 0 aromatic rings. The van der Waals surface area contributed by atoms with Crippen molar-refractivity contribution in [3.05, 3.63) is 0 Å². The van der Waals surface area contributed by atoms with Gasteiger partial charge >= 0.3 is 5.97 Å². The van der Waals surface area contributed by atoms with Gasteiger partial charge in [0, 0.05) is 6.54 Å². The third kappa shape index (κ3) is 13.9. The number of carboxylic acids is 1. The normalized spacial score (nSPS) is 14.2. The van der Waals surface area contributed by atoms with Crippen LogP contribution >= 0.6 is 11.8 Å². The summed E-state index contributed by atoms with van der Waals surface area (Å²) in [4.78, 5) is 52.9. The van der Waals surface area contributed by atoms with Gasteiger partial charge in [-0.1, -0.05) is 0 Å². The van der Waals surface area contributed by atoms with E-state index in [9.17, 15) is 24.3 Å². The summed E-state index contributed by atoms with van der Waals surface area (Å²) in [5.41, 5.74) is 21.8. The Labute approximate surface area is 204 Å². The van der Waals surface area contributed by atoms with Crippen LogP contribution in [0, 0.1) is 0 Å². The molecule has 0 rings (SSSR count). The molecule has 0 fully saturated rings. The van der Waals surface area contributed by atoms with Gasteiger partial charge in [-0.05, 0) is 64.0 Å². The second-order valence-electron chi connectivity index (χ2n) is 7.81. The lowest BCUT2D eigenvalue weighted by Gasteiger charge is -2.23. The molecule has 34 heavy (non-hydrogen) atoms. The third-order valence-electron chi connectivity index (χ3n) is 4.86. The number of thioether (sulfide) groups is 1. The van der Waals surface area contributed by atoms with Crippen LogP contribution in [0.2, 0.25) is 0 Å². The van der Waals surface area contributed by atoms with Gasteiger partial charge in [-0.15, -0.1) is 0 Å². The molecule has 0 heterocycles. The van der Waals surface area contributed by atoms with E-state index >= 15 is 0 Å². The van der Waals surface area contributed by atoms with Crippen LogP contribution in [-0.2, 0) is 19.2 Å². The fourth-order valence-electron chi connectivity index (χ4n) is 2.86. The van der Waals surface area contributed by atoms with Crippen molar-refractivity contribution in [1.82, 2.24) is 16.0 Å². The highest BCUT2D eigenvalue weighted by Crippen LogP contribution is 2.06.